The fourth-order valence-electron chi connectivity index (χ4n) is 12.5. The van der Waals surface area contributed by atoms with Gasteiger partial charge in [0.05, 0.1) is 28.4 Å². The van der Waals surface area contributed by atoms with E-state index in [-0.39, 0.29) is 57.9 Å². The van der Waals surface area contributed by atoms with Crippen LogP contribution >= 0.6 is 0 Å². The average Bonchev–Trinajstić information content (AvgIpc) is 3.49. The van der Waals surface area contributed by atoms with Crippen molar-refractivity contribution in [1.82, 2.24) is 4.90 Å². The molecule has 6 fully saturated rings. The lowest BCUT2D eigenvalue weighted by Gasteiger charge is -2.70. The van der Waals surface area contributed by atoms with E-state index in [1.807, 2.05) is 0 Å². The predicted octanol–water partition coefficient (Wildman–Crippen LogP) is 3.86. The molecule has 7 bridgehead atoms. The Labute approximate surface area is 277 Å². The number of ether oxygens (including phenoxy) is 3. The maximum absolute atomic E-state index is 14.4. The van der Waals surface area contributed by atoms with Gasteiger partial charge in [0.15, 0.2) is 9.84 Å². The van der Waals surface area contributed by atoms with Gasteiger partial charge in [-0.3, -0.25) is 4.90 Å². The molecule has 8 rings (SSSR count). The summed E-state index contributed by atoms with van der Waals surface area (Å²) in [7, 11) is -0.300. The van der Waals surface area contributed by atoms with Crippen LogP contribution in [0, 0.1) is 35.0 Å². The van der Waals surface area contributed by atoms with Crippen molar-refractivity contribution in [3.05, 3.63) is 65.7 Å². The number of rotatable bonds is 8. The van der Waals surface area contributed by atoms with E-state index in [1.54, 1.807) is 68.8 Å². The molecule has 1 heterocycles. The first-order valence-corrected chi connectivity index (χ1v) is 18.9. The third kappa shape index (κ3) is 3.88. The molecule has 254 valence electrons. The molecule has 2 aromatic carbocycles. The fourth-order valence-corrected chi connectivity index (χ4v) is 13.9. The molecule has 1 spiro atoms. The van der Waals surface area contributed by atoms with Crippen molar-refractivity contribution >= 4 is 15.8 Å². The van der Waals surface area contributed by atoms with Gasteiger partial charge in [-0.15, -0.1) is 0 Å². The number of methoxy groups -OCH3 is 2. The Hall–Kier alpha value is -2.34. The highest BCUT2D eigenvalue weighted by atomic mass is 32.2. The Morgan fingerprint density at radius 1 is 1.00 bits per heavy atom. The zero-order chi connectivity index (χ0) is 33.1. The Kier molecular flexibility index (Phi) is 7.18. The van der Waals surface area contributed by atoms with Crippen LogP contribution < -0.4 is 0 Å². The lowest BCUT2D eigenvalue weighted by Crippen LogP contribution is -2.83. The first-order valence-electron chi connectivity index (χ1n) is 17.3. The summed E-state index contributed by atoms with van der Waals surface area (Å²) < 4.78 is 46.1. The molecule has 1 saturated heterocycles. The number of hydrogen-bond donors (Lipinski definition) is 2. The summed E-state index contributed by atoms with van der Waals surface area (Å²) in [6, 6.07) is 15.1. The highest BCUT2D eigenvalue weighted by Gasteiger charge is 2.88. The largest absolute Gasteiger partial charge is 0.454 e. The monoisotopic (exact) mass is 665 g/mol. The van der Waals surface area contributed by atoms with Crippen molar-refractivity contribution in [2.45, 2.75) is 91.7 Å². The number of benzene rings is 2. The van der Waals surface area contributed by atoms with Gasteiger partial charge in [0.2, 0.25) is 0 Å². The maximum Gasteiger partial charge on any atom is 0.339 e. The van der Waals surface area contributed by atoms with Crippen molar-refractivity contribution < 1.29 is 37.6 Å². The average molecular weight is 666 g/mol. The van der Waals surface area contributed by atoms with Crippen LogP contribution in [0.2, 0.25) is 0 Å². The summed E-state index contributed by atoms with van der Waals surface area (Å²) in [6.45, 7) is 5.52. The van der Waals surface area contributed by atoms with Crippen molar-refractivity contribution in [2.24, 2.45) is 35.0 Å². The number of carbonyl (C=O) groups is 1. The van der Waals surface area contributed by atoms with Gasteiger partial charge in [-0.2, -0.15) is 0 Å². The molecule has 6 aliphatic rings. The normalized spacial score (nSPS) is 44.7. The van der Waals surface area contributed by atoms with E-state index in [2.05, 4.69) is 18.7 Å². The Morgan fingerprint density at radius 2 is 1.72 bits per heavy atom. The van der Waals surface area contributed by atoms with Crippen LogP contribution in [0.3, 0.4) is 0 Å². The van der Waals surface area contributed by atoms with Gasteiger partial charge in [0.25, 0.3) is 0 Å². The highest BCUT2D eigenvalue weighted by molar-refractivity contribution is 7.90. The van der Waals surface area contributed by atoms with Gasteiger partial charge < -0.3 is 24.4 Å². The van der Waals surface area contributed by atoms with E-state index in [4.69, 9.17) is 14.2 Å². The second-order valence-electron chi connectivity index (χ2n) is 15.4. The van der Waals surface area contributed by atoms with Crippen LogP contribution in [-0.4, -0.2) is 91.9 Å². The van der Waals surface area contributed by atoms with Crippen molar-refractivity contribution in [3.63, 3.8) is 0 Å². The molecule has 5 saturated carbocycles. The molecule has 12 atom stereocenters. The van der Waals surface area contributed by atoms with Crippen LogP contribution in [-0.2, 0) is 29.8 Å². The second kappa shape index (κ2) is 10.6. The van der Waals surface area contributed by atoms with Gasteiger partial charge in [0, 0.05) is 50.0 Å². The Morgan fingerprint density at radius 3 is 2.43 bits per heavy atom. The number of likely N-dealkylation sites (N-methyl/N-ethyl adjacent to an activating group) is 1. The van der Waals surface area contributed by atoms with Crippen LogP contribution in [0.25, 0.3) is 0 Å². The summed E-state index contributed by atoms with van der Waals surface area (Å²) >= 11 is 0. The molecule has 0 aromatic heterocycles. The van der Waals surface area contributed by atoms with E-state index < -0.39 is 44.1 Å². The van der Waals surface area contributed by atoms with Gasteiger partial charge in [-0.1, -0.05) is 50.2 Å². The first-order chi connectivity index (χ1) is 22.4. The van der Waals surface area contributed by atoms with Crippen LogP contribution in [0.1, 0.15) is 61.9 Å². The standard InChI is InChI=1S/C37H47NO8S/c1-5-38-21-34(46-33(39)25-14-10-9-11-23(25)20-47(42,43)24-12-7-6-8-13-24)16-15-30(44-3)36-28(34)18-27(31(36)38)35(40)19-22(2)26-17-29(36)37(35,41)32(26)45-4/h6-14,22,26-32,40-41H,5,15-21H2,1-4H3/t22-,26+,27?,28?,29?,30-,31+,32-,34+,35-,36?,37-/m0/s1. The summed E-state index contributed by atoms with van der Waals surface area (Å²) in [4.78, 5) is 17.0. The Bertz CT molecular complexity index is 1690. The van der Waals surface area contributed by atoms with Crippen LogP contribution in [0.5, 0.6) is 0 Å². The summed E-state index contributed by atoms with van der Waals surface area (Å²) in [5.74, 6) is -1.24. The fraction of sp³-hybridized carbons (Fsp3) is 0.649. The third-order valence-corrected chi connectivity index (χ3v) is 15.6. The lowest BCUT2D eigenvalue weighted by atomic mass is 9.43. The SMILES string of the molecule is CCN1C[C@]2(OC(=O)c3ccccc3CS(=O)(=O)c3ccccc3)CC[C@H](OC)C34C2CC([C@@H]13)[C@@]1(O)C[C@H](C)[C@H]2CC4[C@]1(O)[C@H]2OC. The number of piperidine rings is 1. The minimum atomic E-state index is -3.71. The smallest absolute Gasteiger partial charge is 0.339 e. The Balaban J connectivity index is 1.22. The minimum Gasteiger partial charge on any atom is -0.454 e. The van der Waals surface area contributed by atoms with Crippen LogP contribution in [0.15, 0.2) is 59.5 Å². The number of carbonyl (C=O) groups excluding carboxylic acids is 1. The van der Waals surface area contributed by atoms with Gasteiger partial charge in [-0.05, 0) is 74.2 Å². The van der Waals surface area contributed by atoms with Crippen molar-refractivity contribution in [2.75, 3.05) is 27.3 Å². The van der Waals surface area contributed by atoms with E-state index in [1.165, 1.54) is 0 Å². The molecule has 47 heavy (non-hydrogen) atoms. The summed E-state index contributed by atoms with van der Waals surface area (Å²) in [5, 5.41) is 25.8. The van der Waals surface area contributed by atoms with Gasteiger partial charge >= 0.3 is 5.97 Å². The number of hydrogen-bond acceptors (Lipinski definition) is 9. The molecule has 9 nitrogen and oxygen atoms in total. The van der Waals surface area contributed by atoms with Gasteiger partial charge in [0.1, 0.15) is 16.8 Å². The van der Waals surface area contributed by atoms with Crippen molar-refractivity contribution in [3.8, 4) is 0 Å². The quantitative estimate of drug-likeness (QED) is 0.405. The molecule has 5 aliphatic carbocycles. The summed E-state index contributed by atoms with van der Waals surface area (Å²) in [6.07, 6.45) is 2.43. The zero-order valence-corrected chi connectivity index (χ0v) is 28.5. The van der Waals surface area contributed by atoms with E-state index in [9.17, 15) is 23.4 Å². The van der Waals surface area contributed by atoms with Crippen LogP contribution in [0.4, 0.5) is 0 Å². The van der Waals surface area contributed by atoms with E-state index in [0.29, 0.717) is 44.3 Å². The summed E-state index contributed by atoms with van der Waals surface area (Å²) in [5.41, 5.74) is -3.58. The number of fused-ring (bicyclic) bond motifs is 2. The molecule has 2 aromatic rings. The molecule has 10 heteroatoms. The second-order valence-corrected chi connectivity index (χ2v) is 17.4. The molecule has 4 unspecified atom stereocenters. The molecule has 1 aliphatic heterocycles. The maximum atomic E-state index is 14.4. The predicted molar refractivity (Wildman–Crippen MR) is 173 cm³/mol. The lowest BCUT2D eigenvalue weighted by molar-refractivity contribution is -0.335. The van der Waals surface area contributed by atoms with Crippen molar-refractivity contribution in [1.29, 1.82) is 0 Å². The molecule has 0 amide bonds. The third-order valence-electron chi connectivity index (χ3n) is 13.9. The van der Waals surface area contributed by atoms with E-state index >= 15 is 0 Å². The number of nitrogens with zero attached hydrogens (tertiary/aromatic N) is 1. The molecular weight excluding hydrogens is 618 g/mol. The number of sulfone groups is 1. The van der Waals surface area contributed by atoms with Gasteiger partial charge in [-0.25, -0.2) is 13.2 Å². The minimum absolute atomic E-state index is 0.0327. The zero-order valence-electron chi connectivity index (χ0n) is 27.7. The van der Waals surface area contributed by atoms with E-state index in [0.717, 1.165) is 6.42 Å². The highest BCUT2D eigenvalue weighted by Crippen LogP contribution is 2.79. The molecule has 2 N–H and O–H groups in total. The number of aliphatic hydroxyl groups is 2. The number of esters is 1. The first kappa shape index (κ1) is 31.9. The molecular formula is C37H47NO8S. The molecule has 0 radical (unpaired) electrons. The number of likely N-dealkylation sites (tertiary alicyclic amines) is 1. The topological polar surface area (TPSA) is 123 Å².